The van der Waals surface area contributed by atoms with Gasteiger partial charge in [-0.3, -0.25) is 4.79 Å². The van der Waals surface area contributed by atoms with Crippen LogP contribution in [-0.4, -0.2) is 62.2 Å². The molecular formula is C12H13ClFN7O. The van der Waals surface area contributed by atoms with Crippen molar-refractivity contribution in [3.8, 4) is 0 Å². The Morgan fingerprint density at radius 2 is 2.09 bits per heavy atom. The summed E-state index contributed by atoms with van der Waals surface area (Å²) < 4.78 is 15.2. The third-order valence-corrected chi connectivity index (χ3v) is 3.62. The number of hydrogen-bond donors (Lipinski definition) is 0. The van der Waals surface area contributed by atoms with Gasteiger partial charge in [0.2, 0.25) is 5.91 Å². The van der Waals surface area contributed by atoms with Crippen molar-refractivity contribution in [3.63, 3.8) is 0 Å². The molecule has 1 aliphatic rings. The van der Waals surface area contributed by atoms with E-state index in [-0.39, 0.29) is 23.3 Å². The third kappa shape index (κ3) is 3.14. The predicted molar refractivity (Wildman–Crippen MR) is 75.8 cm³/mol. The fourth-order valence-electron chi connectivity index (χ4n) is 2.30. The summed E-state index contributed by atoms with van der Waals surface area (Å²) in [6.07, 6.45) is 2.80. The van der Waals surface area contributed by atoms with Gasteiger partial charge in [-0.05, 0) is 16.5 Å². The number of amides is 1. The van der Waals surface area contributed by atoms with Crippen molar-refractivity contribution in [2.24, 2.45) is 0 Å². The van der Waals surface area contributed by atoms with Gasteiger partial charge in [-0.15, -0.1) is 5.10 Å². The van der Waals surface area contributed by atoms with Crippen molar-refractivity contribution in [1.82, 2.24) is 30.1 Å². The molecule has 8 nitrogen and oxygen atoms in total. The Bertz CT molecular complexity index is 657. The van der Waals surface area contributed by atoms with Gasteiger partial charge in [-0.2, -0.15) is 0 Å². The van der Waals surface area contributed by atoms with Crippen molar-refractivity contribution < 1.29 is 9.18 Å². The fraction of sp³-hybridized carbons (Fsp3) is 0.417. The molecule has 22 heavy (non-hydrogen) atoms. The van der Waals surface area contributed by atoms with Crippen molar-refractivity contribution in [2.75, 3.05) is 31.1 Å². The van der Waals surface area contributed by atoms with Crippen LogP contribution in [0.2, 0.25) is 5.02 Å². The molecule has 0 saturated carbocycles. The van der Waals surface area contributed by atoms with Crippen LogP contribution in [0.15, 0.2) is 18.6 Å². The van der Waals surface area contributed by atoms with Gasteiger partial charge >= 0.3 is 0 Å². The summed E-state index contributed by atoms with van der Waals surface area (Å²) in [5.41, 5.74) is 0. The van der Waals surface area contributed by atoms with Crippen LogP contribution in [-0.2, 0) is 11.3 Å². The number of anilines is 1. The summed E-state index contributed by atoms with van der Waals surface area (Å²) in [6.45, 7) is 2.09. The van der Waals surface area contributed by atoms with Gasteiger partial charge in [0, 0.05) is 32.4 Å². The van der Waals surface area contributed by atoms with Gasteiger partial charge in [0.25, 0.3) is 0 Å². The van der Waals surface area contributed by atoms with Crippen LogP contribution in [0.1, 0.15) is 0 Å². The van der Waals surface area contributed by atoms with Gasteiger partial charge in [0.05, 0.1) is 5.02 Å². The lowest BCUT2D eigenvalue weighted by Gasteiger charge is -2.35. The second kappa shape index (κ2) is 6.22. The molecule has 1 fully saturated rings. The molecule has 2 aromatic rings. The smallest absolute Gasteiger partial charge is 0.244 e. The van der Waals surface area contributed by atoms with Gasteiger partial charge in [0.15, 0.2) is 11.6 Å². The minimum atomic E-state index is -0.457. The zero-order valence-corrected chi connectivity index (χ0v) is 12.3. The summed E-state index contributed by atoms with van der Waals surface area (Å²) in [5, 5.41) is 10.9. The maximum Gasteiger partial charge on any atom is 0.244 e. The molecule has 0 spiro atoms. The number of carbonyl (C=O) groups excluding carboxylic acids is 1. The van der Waals surface area contributed by atoms with Crippen LogP contribution < -0.4 is 4.90 Å². The van der Waals surface area contributed by atoms with Gasteiger partial charge in [-0.1, -0.05) is 11.6 Å². The van der Waals surface area contributed by atoms with Crippen LogP contribution in [0, 0.1) is 5.82 Å². The molecule has 2 aromatic heterocycles. The SMILES string of the molecule is O=C(Cn1cnnn1)N1CCN(c2ncc(Cl)cc2F)CC1. The first kappa shape index (κ1) is 14.6. The average Bonchev–Trinajstić information content (AvgIpc) is 3.00. The number of halogens is 2. The van der Waals surface area contributed by atoms with Gasteiger partial charge in [0.1, 0.15) is 12.9 Å². The van der Waals surface area contributed by atoms with Crippen molar-refractivity contribution in [1.29, 1.82) is 0 Å². The lowest BCUT2D eigenvalue weighted by Crippen LogP contribution is -2.50. The molecule has 0 aliphatic carbocycles. The molecule has 0 unspecified atom stereocenters. The first-order valence-corrected chi connectivity index (χ1v) is 7.06. The van der Waals surface area contributed by atoms with E-state index in [0.29, 0.717) is 26.2 Å². The molecule has 0 atom stereocenters. The molecular weight excluding hydrogens is 313 g/mol. The predicted octanol–water partition coefficient (Wildman–Crippen LogP) is 0.209. The second-order valence-corrected chi connectivity index (χ2v) is 5.27. The Hall–Kier alpha value is -2.29. The van der Waals surface area contributed by atoms with E-state index < -0.39 is 5.82 Å². The highest BCUT2D eigenvalue weighted by atomic mass is 35.5. The summed E-state index contributed by atoms with van der Waals surface area (Å²) in [5.74, 6) is -0.269. The number of carbonyl (C=O) groups is 1. The van der Waals surface area contributed by atoms with E-state index >= 15 is 0 Å². The van der Waals surface area contributed by atoms with E-state index in [2.05, 4.69) is 20.5 Å². The quantitative estimate of drug-likeness (QED) is 0.802. The van der Waals surface area contributed by atoms with E-state index in [9.17, 15) is 9.18 Å². The molecule has 0 radical (unpaired) electrons. The third-order valence-electron chi connectivity index (χ3n) is 3.41. The van der Waals surface area contributed by atoms with Crippen LogP contribution in [0.25, 0.3) is 0 Å². The Labute approximate surface area is 130 Å². The Morgan fingerprint density at radius 3 is 2.73 bits per heavy atom. The molecule has 1 aliphatic heterocycles. The zero-order valence-electron chi connectivity index (χ0n) is 11.6. The Balaban J connectivity index is 1.59. The van der Waals surface area contributed by atoms with Gasteiger partial charge < -0.3 is 9.80 Å². The molecule has 3 heterocycles. The van der Waals surface area contributed by atoms with Crippen molar-refractivity contribution in [2.45, 2.75) is 6.54 Å². The monoisotopic (exact) mass is 325 g/mol. The molecule has 0 bridgehead atoms. The minimum absolute atomic E-state index is 0.0727. The number of piperazine rings is 1. The molecule has 0 aromatic carbocycles. The van der Waals surface area contributed by atoms with E-state index in [1.165, 1.54) is 23.3 Å². The highest BCUT2D eigenvalue weighted by Gasteiger charge is 2.24. The zero-order chi connectivity index (χ0) is 15.5. The van der Waals surface area contributed by atoms with E-state index in [1.807, 2.05) is 0 Å². The number of nitrogens with zero attached hydrogens (tertiary/aromatic N) is 7. The molecule has 1 saturated heterocycles. The molecule has 116 valence electrons. The molecule has 10 heteroatoms. The second-order valence-electron chi connectivity index (χ2n) is 4.83. The number of hydrogen-bond acceptors (Lipinski definition) is 6. The number of aromatic nitrogens is 5. The van der Waals surface area contributed by atoms with Gasteiger partial charge in [-0.25, -0.2) is 14.1 Å². The highest BCUT2D eigenvalue weighted by molar-refractivity contribution is 6.30. The summed E-state index contributed by atoms with van der Waals surface area (Å²) in [4.78, 5) is 19.6. The Kier molecular flexibility index (Phi) is 4.14. The van der Waals surface area contributed by atoms with E-state index in [1.54, 1.807) is 9.80 Å². The maximum atomic E-state index is 13.8. The van der Waals surface area contributed by atoms with Crippen LogP contribution >= 0.6 is 11.6 Å². The van der Waals surface area contributed by atoms with Crippen molar-refractivity contribution in [3.05, 3.63) is 29.4 Å². The molecule has 0 N–H and O–H groups in total. The normalized spacial score (nSPS) is 15.2. The van der Waals surface area contributed by atoms with Crippen LogP contribution in [0.4, 0.5) is 10.2 Å². The molecule has 1 amide bonds. The number of rotatable bonds is 3. The average molecular weight is 326 g/mol. The first-order valence-electron chi connectivity index (χ1n) is 6.68. The van der Waals surface area contributed by atoms with Crippen LogP contribution in [0.5, 0.6) is 0 Å². The minimum Gasteiger partial charge on any atom is -0.351 e. The van der Waals surface area contributed by atoms with Crippen LogP contribution in [0.3, 0.4) is 0 Å². The maximum absolute atomic E-state index is 13.8. The first-order chi connectivity index (χ1) is 10.6. The summed E-state index contributed by atoms with van der Waals surface area (Å²) in [6, 6.07) is 1.24. The van der Waals surface area contributed by atoms with E-state index in [0.717, 1.165) is 0 Å². The van der Waals surface area contributed by atoms with E-state index in [4.69, 9.17) is 11.6 Å². The lowest BCUT2D eigenvalue weighted by molar-refractivity contribution is -0.132. The number of pyridine rings is 1. The number of tetrazole rings is 1. The van der Waals surface area contributed by atoms with Crippen molar-refractivity contribution >= 4 is 23.3 Å². The molecule has 3 rings (SSSR count). The highest BCUT2D eigenvalue weighted by Crippen LogP contribution is 2.20. The largest absolute Gasteiger partial charge is 0.351 e. The standard InChI is InChI=1S/C12H13ClFN7O/c13-9-5-10(14)12(15-6-9)20-3-1-19(2-4-20)11(22)7-21-8-16-17-18-21/h5-6,8H,1-4,7H2. The Morgan fingerprint density at radius 1 is 1.32 bits per heavy atom. The topological polar surface area (TPSA) is 80.0 Å². The lowest BCUT2D eigenvalue weighted by atomic mass is 10.3. The fourth-order valence-corrected chi connectivity index (χ4v) is 2.44. The summed E-state index contributed by atoms with van der Waals surface area (Å²) in [7, 11) is 0. The summed E-state index contributed by atoms with van der Waals surface area (Å²) >= 11 is 5.70.